The molecule has 0 aliphatic heterocycles. The highest BCUT2D eigenvalue weighted by Gasteiger charge is 2.61. The SMILES string of the molecule is COC(=O)C1(C(=O)OC)C=CC2=C3CCCC[C@@H]3[C@H](c3ccccc3)C=C(O[Si](C(C)C)(C(C)C)C(C)C)[C@@H]21. The van der Waals surface area contributed by atoms with Gasteiger partial charge in [0.2, 0.25) is 0 Å². The molecular weight excluding hydrogens is 504 g/mol. The summed E-state index contributed by atoms with van der Waals surface area (Å²) in [5.74, 6) is -0.693. The maximum absolute atomic E-state index is 13.7. The lowest BCUT2D eigenvalue weighted by molar-refractivity contribution is -0.167. The first-order valence-electron chi connectivity index (χ1n) is 14.6. The molecule has 1 aromatic rings. The average molecular weight is 551 g/mol. The molecule has 0 unspecified atom stereocenters. The molecule has 39 heavy (non-hydrogen) atoms. The number of fused-ring (bicyclic) bond motifs is 2. The molecule has 3 aliphatic carbocycles. The summed E-state index contributed by atoms with van der Waals surface area (Å²) in [7, 11) is 0.240. The molecule has 0 saturated heterocycles. The van der Waals surface area contributed by atoms with Gasteiger partial charge in [-0.05, 0) is 59.0 Å². The zero-order chi connectivity index (χ0) is 28.5. The van der Waals surface area contributed by atoms with Gasteiger partial charge in [0.05, 0.1) is 25.9 Å². The third kappa shape index (κ3) is 4.73. The maximum atomic E-state index is 13.7. The standard InChI is InChI=1S/C33H46O5Si/c1-21(2)39(22(3)4,23(5)6)38-29-20-28(24-14-10-9-11-15-24)26-17-13-12-16-25(26)27-18-19-33(30(27)29,31(34)36-7)32(35)37-8/h9-11,14-15,18-23,26,28,30H,12-13,16-17H2,1-8H3/t26-,28-,30+/m0/s1. The summed E-state index contributed by atoms with van der Waals surface area (Å²) >= 11 is 0. The Balaban J connectivity index is 2.06. The van der Waals surface area contributed by atoms with Crippen molar-refractivity contribution in [3.63, 3.8) is 0 Å². The first kappa shape index (κ1) is 29.4. The lowest BCUT2D eigenvalue weighted by atomic mass is 9.71. The normalized spacial score (nSPS) is 24.3. The van der Waals surface area contributed by atoms with Crippen LogP contribution in [0.15, 0.2) is 65.5 Å². The van der Waals surface area contributed by atoms with E-state index >= 15 is 0 Å². The average Bonchev–Trinajstić information content (AvgIpc) is 3.27. The van der Waals surface area contributed by atoms with E-state index in [2.05, 4.69) is 71.9 Å². The number of rotatable bonds is 8. The van der Waals surface area contributed by atoms with E-state index < -0.39 is 31.6 Å². The van der Waals surface area contributed by atoms with Crippen LogP contribution in [0.1, 0.15) is 78.7 Å². The molecule has 0 spiro atoms. The van der Waals surface area contributed by atoms with Crippen LogP contribution < -0.4 is 0 Å². The summed E-state index contributed by atoms with van der Waals surface area (Å²) in [6, 6.07) is 10.6. The second-order valence-corrected chi connectivity index (χ2v) is 17.8. The molecule has 0 bridgehead atoms. The highest BCUT2D eigenvalue weighted by molar-refractivity contribution is 6.77. The molecule has 0 N–H and O–H groups in total. The topological polar surface area (TPSA) is 61.8 Å². The Morgan fingerprint density at radius 1 is 0.897 bits per heavy atom. The minimum Gasteiger partial charge on any atom is -0.545 e. The van der Waals surface area contributed by atoms with E-state index in [-0.39, 0.29) is 11.8 Å². The lowest BCUT2D eigenvalue weighted by Gasteiger charge is -2.45. The van der Waals surface area contributed by atoms with Crippen molar-refractivity contribution >= 4 is 20.3 Å². The van der Waals surface area contributed by atoms with Gasteiger partial charge in [-0.15, -0.1) is 0 Å². The second kappa shape index (κ2) is 11.5. The van der Waals surface area contributed by atoms with Crippen molar-refractivity contribution in [1.82, 2.24) is 0 Å². The Kier molecular flexibility index (Phi) is 8.65. The number of allylic oxidation sites excluding steroid dienone is 4. The monoisotopic (exact) mass is 550 g/mol. The largest absolute Gasteiger partial charge is 0.545 e. The van der Waals surface area contributed by atoms with Crippen molar-refractivity contribution in [2.45, 2.75) is 89.8 Å². The van der Waals surface area contributed by atoms with Gasteiger partial charge in [0, 0.05) is 5.92 Å². The fourth-order valence-corrected chi connectivity index (χ4v) is 13.3. The molecule has 3 atom stereocenters. The van der Waals surface area contributed by atoms with Crippen molar-refractivity contribution in [1.29, 1.82) is 0 Å². The Labute approximate surface area is 235 Å². The minimum absolute atomic E-state index is 0.0918. The predicted molar refractivity (Wildman–Crippen MR) is 157 cm³/mol. The number of methoxy groups -OCH3 is 2. The van der Waals surface area contributed by atoms with Gasteiger partial charge in [-0.25, -0.2) is 0 Å². The summed E-state index contributed by atoms with van der Waals surface area (Å²) in [6.45, 7) is 13.6. The Bertz CT molecular complexity index is 1120. The first-order chi connectivity index (χ1) is 18.6. The van der Waals surface area contributed by atoms with Gasteiger partial charge in [0.25, 0.3) is 8.32 Å². The number of carbonyl (C=O) groups is 2. The van der Waals surface area contributed by atoms with Crippen LogP contribution in [-0.4, -0.2) is 34.5 Å². The molecule has 1 aromatic carbocycles. The smallest absolute Gasteiger partial charge is 0.328 e. The molecule has 0 heterocycles. The van der Waals surface area contributed by atoms with Gasteiger partial charge in [0.15, 0.2) is 5.41 Å². The van der Waals surface area contributed by atoms with Crippen LogP contribution in [0.3, 0.4) is 0 Å². The Morgan fingerprint density at radius 3 is 2.03 bits per heavy atom. The second-order valence-electron chi connectivity index (χ2n) is 12.4. The van der Waals surface area contributed by atoms with Gasteiger partial charge in [-0.2, -0.15) is 0 Å². The van der Waals surface area contributed by atoms with Gasteiger partial charge < -0.3 is 13.9 Å². The summed E-state index contributed by atoms with van der Waals surface area (Å²) in [5.41, 5.74) is 2.99. The minimum atomic E-state index is -2.45. The van der Waals surface area contributed by atoms with E-state index in [9.17, 15) is 9.59 Å². The third-order valence-electron chi connectivity index (χ3n) is 9.62. The lowest BCUT2D eigenvalue weighted by Crippen LogP contribution is -2.51. The third-order valence-corrected chi connectivity index (χ3v) is 15.6. The van der Waals surface area contributed by atoms with Crippen molar-refractivity contribution in [3.8, 4) is 0 Å². The fraction of sp³-hybridized carbons (Fsp3) is 0.576. The van der Waals surface area contributed by atoms with Gasteiger partial charge in [0.1, 0.15) is 0 Å². The summed E-state index contributed by atoms with van der Waals surface area (Å²) in [5, 5.41) is 0. The molecule has 0 amide bonds. The first-order valence-corrected chi connectivity index (χ1v) is 16.7. The van der Waals surface area contributed by atoms with E-state index in [1.807, 2.05) is 12.1 Å². The van der Waals surface area contributed by atoms with Crippen LogP contribution in [0.5, 0.6) is 0 Å². The molecule has 1 fully saturated rings. The van der Waals surface area contributed by atoms with E-state index in [0.717, 1.165) is 37.0 Å². The maximum Gasteiger partial charge on any atom is 0.328 e. The molecule has 5 nitrogen and oxygen atoms in total. The number of esters is 2. The molecule has 212 valence electrons. The molecular formula is C33H46O5Si. The van der Waals surface area contributed by atoms with Gasteiger partial charge >= 0.3 is 11.9 Å². The van der Waals surface area contributed by atoms with Gasteiger partial charge in [-0.1, -0.05) is 96.0 Å². The highest BCUT2D eigenvalue weighted by Crippen LogP contribution is 2.57. The predicted octanol–water partition coefficient (Wildman–Crippen LogP) is 7.87. The van der Waals surface area contributed by atoms with E-state index in [0.29, 0.717) is 16.6 Å². The molecule has 0 radical (unpaired) electrons. The molecule has 4 rings (SSSR count). The molecule has 3 aliphatic rings. The van der Waals surface area contributed by atoms with E-state index in [1.165, 1.54) is 25.4 Å². The van der Waals surface area contributed by atoms with Crippen LogP contribution in [0.2, 0.25) is 16.6 Å². The molecule has 6 heteroatoms. The number of hydrogen-bond donors (Lipinski definition) is 0. The zero-order valence-electron chi connectivity index (χ0n) is 25.0. The number of hydrogen-bond acceptors (Lipinski definition) is 5. The van der Waals surface area contributed by atoms with Crippen molar-refractivity contribution in [2.75, 3.05) is 14.2 Å². The van der Waals surface area contributed by atoms with Crippen LogP contribution >= 0.6 is 0 Å². The number of benzene rings is 1. The molecule has 0 aromatic heterocycles. The van der Waals surface area contributed by atoms with Gasteiger partial charge in [-0.3, -0.25) is 9.59 Å². The van der Waals surface area contributed by atoms with Crippen LogP contribution in [0.25, 0.3) is 0 Å². The zero-order valence-corrected chi connectivity index (χ0v) is 26.0. The van der Waals surface area contributed by atoms with Crippen LogP contribution in [0.4, 0.5) is 0 Å². The van der Waals surface area contributed by atoms with Crippen LogP contribution in [0, 0.1) is 17.3 Å². The number of carbonyl (C=O) groups excluding carboxylic acids is 2. The fourth-order valence-electron chi connectivity index (χ4n) is 7.96. The van der Waals surface area contributed by atoms with E-state index in [4.69, 9.17) is 13.9 Å². The van der Waals surface area contributed by atoms with Crippen molar-refractivity contribution in [3.05, 3.63) is 71.0 Å². The number of ether oxygens (including phenoxy) is 2. The van der Waals surface area contributed by atoms with Crippen LogP contribution in [-0.2, 0) is 23.5 Å². The van der Waals surface area contributed by atoms with Crippen molar-refractivity contribution in [2.24, 2.45) is 17.3 Å². The summed E-state index contributed by atoms with van der Waals surface area (Å²) in [6.07, 6.45) is 10.3. The van der Waals surface area contributed by atoms with Crippen molar-refractivity contribution < 1.29 is 23.5 Å². The molecule has 1 saturated carbocycles. The Hall–Kier alpha value is -2.60. The quantitative estimate of drug-likeness (QED) is 0.187. The highest BCUT2D eigenvalue weighted by atomic mass is 28.4. The Morgan fingerprint density at radius 2 is 1.49 bits per heavy atom. The summed E-state index contributed by atoms with van der Waals surface area (Å²) in [4.78, 5) is 27.3. The summed E-state index contributed by atoms with van der Waals surface area (Å²) < 4.78 is 18.1. The van der Waals surface area contributed by atoms with E-state index in [1.54, 1.807) is 6.08 Å².